The number of hydrogen-bond acceptors (Lipinski definition) is 3. The minimum atomic E-state index is -1.13. The van der Waals surface area contributed by atoms with Crippen molar-refractivity contribution in [3.05, 3.63) is 80.9 Å². The summed E-state index contributed by atoms with van der Waals surface area (Å²) in [6, 6.07) is 8.36. The van der Waals surface area contributed by atoms with Gasteiger partial charge in [0.1, 0.15) is 5.69 Å². The summed E-state index contributed by atoms with van der Waals surface area (Å²) in [7, 11) is 0. The van der Waals surface area contributed by atoms with E-state index >= 15 is 0 Å². The molecule has 0 aliphatic carbocycles. The van der Waals surface area contributed by atoms with Crippen molar-refractivity contribution in [3.63, 3.8) is 0 Å². The predicted octanol–water partition coefficient (Wildman–Crippen LogP) is 4.53. The van der Waals surface area contributed by atoms with Gasteiger partial charge in [-0.25, -0.2) is 8.78 Å². The van der Waals surface area contributed by atoms with Crippen LogP contribution < -0.4 is 5.56 Å². The first-order valence-electron chi connectivity index (χ1n) is 10.0. The molecule has 2 aromatic heterocycles. The molecule has 4 aromatic rings. The summed E-state index contributed by atoms with van der Waals surface area (Å²) >= 11 is 6.47. The van der Waals surface area contributed by atoms with Crippen molar-refractivity contribution in [1.82, 2.24) is 14.9 Å². The van der Waals surface area contributed by atoms with Crippen molar-refractivity contribution in [2.75, 3.05) is 13.2 Å². The van der Waals surface area contributed by atoms with Gasteiger partial charge in [0.2, 0.25) is 0 Å². The third-order valence-electron chi connectivity index (χ3n) is 5.57. The van der Waals surface area contributed by atoms with Crippen LogP contribution in [0.2, 0.25) is 5.02 Å². The number of aromatic amines is 2. The average Bonchev–Trinajstić information content (AvgIpc) is 3.12. The molecule has 1 amide bonds. The van der Waals surface area contributed by atoms with Crippen LogP contribution in [0.4, 0.5) is 8.78 Å². The lowest BCUT2D eigenvalue weighted by molar-refractivity contribution is 0.0673. The molecule has 0 saturated carbocycles. The van der Waals surface area contributed by atoms with E-state index in [-0.39, 0.29) is 41.1 Å². The lowest BCUT2D eigenvalue weighted by atomic mass is 10.0. The molecule has 0 aliphatic rings. The second-order valence-corrected chi connectivity index (χ2v) is 7.87. The average molecular weight is 460 g/mol. The molecule has 2 aromatic carbocycles. The Hall–Kier alpha value is -3.23. The summed E-state index contributed by atoms with van der Waals surface area (Å²) in [5, 5.41) is 10.5. The van der Waals surface area contributed by atoms with Crippen molar-refractivity contribution in [3.8, 4) is 0 Å². The Kier molecular flexibility index (Phi) is 5.99. The van der Waals surface area contributed by atoms with E-state index < -0.39 is 29.1 Å². The maximum absolute atomic E-state index is 14.0. The number of para-hydroxylation sites is 1. The van der Waals surface area contributed by atoms with Crippen molar-refractivity contribution in [2.45, 2.75) is 19.4 Å². The van der Waals surface area contributed by atoms with Gasteiger partial charge in [-0.1, -0.05) is 29.8 Å². The van der Waals surface area contributed by atoms with Crippen LogP contribution in [0.15, 0.2) is 47.4 Å². The summed E-state index contributed by atoms with van der Waals surface area (Å²) in [5.74, 6) is -2.65. The maximum atomic E-state index is 14.0. The number of H-pyrrole nitrogens is 2. The third kappa shape index (κ3) is 3.76. The zero-order chi connectivity index (χ0) is 23.0. The number of hydrogen-bond donors (Lipinski definition) is 3. The number of nitrogens with one attached hydrogen (secondary N) is 2. The van der Waals surface area contributed by atoms with Gasteiger partial charge in [-0.3, -0.25) is 9.59 Å². The highest BCUT2D eigenvalue weighted by Crippen LogP contribution is 2.32. The number of fused-ring (bicyclic) bond motifs is 2. The van der Waals surface area contributed by atoms with Gasteiger partial charge in [0.05, 0.1) is 16.5 Å². The predicted molar refractivity (Wildman–Crippen MR) is 119 cm³/mol. The molecule has 0 saturated heterocycles. The first-order valence-corrected chi connectivity index (χ1v) is 10.4. The van der Waals surface area contributed by atoms with Gasteiger partial charge in [0.15, 0.2) is 11.6 Å². The van der Waals surface area contributed by atoms with Gasteiger partial charge in [-0.2, -0.15) is 0 Å². The Labute approximate surface area is 186 Å². The van der Waals surface area contributed by atoms with Gasteiger partial charge >= 0.3 is 0 Å². The number of nitrogens with zero attached hydrogens (tertiary/aromatic N) is 1. The minimum Gasteiger partial charge on any atom is -0.396 e. The summed E-state index contributed by atoms with van der Waals surface area (Å²) in [6.45, 7) is 1.73. The van der Waals surface area contributed by atoms with Crippen LogP contribution in [0.1, 0.15) is 35.4 Å². The van der Waals surface area contributed by atoms with Gasteiger partial charge in [0, 0.05) is 30.3 Å². The monoisotopic (exact) mass is 459 g/mol. The number of benzene rings is 2. The molecule has 6 nitrogen and oxygen atoms in total. The van der Waals surface area contributed by atoms with Crippen LogP contribution >= 0.6 is 11.6 Å². The van der Waals surface area contributed by atoms with Gasteiger partial charge in [0.25, 0.3) is 11.5 Å². The van der Waals surface area contributed by atoms with Crippen LogP contribution in [0.25, 0.3) is 21.7 Å². The highest BCUT2D eigenvalue weighted by atomic mass is 35.5. The fourth-order valence-corrected chi connectivity index (χ4v) is 4.19. The summed E-state index contributed by atoms with van der Waals surface area (Å²) in [5.41, 5.74) is 0.741. The molecule has 2 heterocycles. The Morgan fingerprint density at radius 3 is 2.53 bits per heavy atom. The number of carbonyl (C=O) groups is 1. The Morgan fingerprint density at radius 2 is 1.84 bits per heavy atom. The van der Waals surface area contributed by atoms with Crippen molar-refractivity contribution >= 4 is 39.2 Å². The Morgan fingerprint density at radius 1 is 1.16 bits per heavy atom. The first kappa shape index (κ1) is 22.0. The van der Waals surface area contributed by atoms with E-state index in [1.165, 1.54) is 11.1 Å². The number of halogens is 3. The number of pyridine rings is 1. The summed E-state index contributed by atoms with van der Waals surface area (Å²) in [6.07, 6.45) is 1.68. The maximum Gasteiger partial charge on any atom is 0.272 e. The van der Waals surface area contributed by atoms with E-state index in [0.29, 0.717) is 16.5 Å². The van der Waals surface area contributed by atoms with E-state index in [1.807, 2.05) is 12.1 Å². The van der Waals surface area contributed by atoms with Crippen LogP contribution in [0.3, 0.4) is 0 Å². The van der Waals surface area contributed by atoms with E-state index in [2.05, 4.69) is 9.97 Å². The minimum absolute atomic E-state index is 0.0218. The third-order valence-corrected chi connectivity index (χ3v) is 5.96. The molecule has 0 unspecified atom stereocenters. The second kappa shape index (κ2) is 8.72. The quantitative estimate of drug-likeness (QED) is 0.396. The molecule has 32 heavy (non-hydrogen) atoms. The molecule has 3 N–H and O–H groups in total. The number of rotatable bonds is 6. The van der Waals surface area contributed by atoms with Gasteiger partial charge in [-0.05, 0) is 42.5 Å². The molecular weight excluding hydrogens is 440 g/mol. The number of amides is 1. The number of carbonyl (C=O) groups excluding carboxylic acids is 1. The molecule has 166 valence electrons. The first-order chi connectivity index (χ1) is 15.3. The van der Waals surface area contributed by atoms with Gasteiger partial charge < -0.3 is 20.0 Å². The fraction of sp³-hybridized carbons (Fsp3) is 0.217. The van der Waals surface area contributed by atoms with Crippen molar-refractivity contribution in [1.29, 1.82) is 0 Å². The summed E-state index contributed by atoms with van der Waals surface area (Å²) in [4.78, 5) is 32.7. The Balaban J connectivity index is 1.82. The highest BCUT2D eigenvalue weighted by molar-refractivity contribution is 6.38. The van der Waals surface area contributed by atoms with Crippen LogP contribution in [0, 0.1) is 11.6 Å². The molecule has 0 aliphatic heterocycles. The van der Waals surface area contributed by atoms with Crippen LogP contribution in [0.5, 0.6) is 0 Å². The topological polar surface area (TPSA) is 89.2 Å². The molecule has 0 fully saturated rings. The molecule has 4 rings (SSSR count). The van der Waals surface area contributed by atoms with E-state index in [1.54, 1.807) is 19.1 Å². The molecule has 9 heteroatoms. The zero-order valence-electron chi connectivity index (χ0n) is 17.1. The molecule has 0 bridgehead atoms. The molecule has 0 radical (unpaired) electrons. The smallest absolute Gasteiger partial charge is 0.272 e. The highest BCUT2D eigenvalue weighted by Gasteiger charge is 2.28. The molecule has 1 atom stereocenters. The zero-order valence-corrected chi connectivity index (χ0v) is 17.8. The van der Waals surface area contributed by atoms with Crippen molar-refractivity contribution < 1.29 is 18.7 Å². The molecule has 0 spiro atoms. The van der Waals surface area contributed by atoms with E-state index in [4.69, 9.17) is 11.6 Å². The largest absolute Gasteiger partial charge is 0.396 e. The Bertz CT molecular complexity index is 1380. The van der Waals surface area contributed by atoms with Crippen LogP contribution in [-0.4, -0.2) is 39.0 Å². The number of aliphatic hydroxyl groups excluding tert-OH is 1. The van der Waals surface area contributed by atoms with E-state index in [9.17, 15) is 23.5 Å². The number of aliphatic hydroxyl groups is 1. The standard InChI is InChI=1S/C23H20ClF2N3O3/c1-12(16-11-27-22(31)15-10-18(26)17(25)9-14(15)16)29(7-4-8-30)23(32)21-20(24)13-5-2-3-6-19(13)28-21/h2-3,5-6,9-12,28,30H,4,7-8H2,1H3,(H,27,31)/t12-/m1/s1. The fourth-order valence-electron chi connectivity index (χ4n) is 3.90. The van der Waals surface area contributed by atoms with Crippen LogP contribution in [-0.2, 0) is 0 Å². The van der Waals surface area contributed by atoms with Crippen molar-refractivity contribution in [2.24, 2.45) is 0 Å². The second-order valence-electron chi connectivity index (χ2n) is 7.50. The molecular formula is C23H20ClF2N3O3. The van der Waals surface area contributed by atoms with E-state index in [0.717, 1.165) is 12.1 Å². The van der Waals surface area contributed by atoms with Gasteiger partial charge in [-0.15, -0.1) is 0 Å². The summed E-state index contributed by atoms with van der Waals surface area (Å²) < 4.78 is 27.7. The lowest BCUT2D eigenvalue weighted by Gasteiger charge is -2.30. The SMILES string of the molecule is C[C@H](c1c[nH]c(=O)c2cc(F)c(F)cc12)N(CCCO)C(=O)c1[nH]c2ccccc2c1Cl. The number of aromatic nitrogens is 2. The lowest BCUT2D eigenvalue weighted by Crippen LogP contribution is -2.35. The normalized spacial score (nSPS) is 12.4.